The molecule has 3 aromatic rings. The Kier molecular flexibility index (Phi) is 4.61. The lowest BCUT2D eigenvalue weighted by Gasteiger charge is -2.13. The first-order valence-corrected chi connectivity index (χ1v) is 7.64. The fraction of sp³-hybridized carbons (Fsp3) is 0.158. The Morgan fingerprint density at radius 1 is 1.12 bits per heavy atom. The quantitative estimate of drug-likeness (QED) is 0.775. The van der Waals surface area contributed by atoms with Crippen LogP contribution < -0.4 is 10.1 Å². The number of benzene rings is 2. The molecule has 5 heteroatoms. The van der Waals surface area contributed by atoms with Crippen molar-refractivity contribution in [1.82, 2.24) is 10.5 Å². The number of amides is 1. The maximum atomic E-state index is 12.3. The molecule has 1 amide bonds. The highest BCUT2D eigenvalue weighted by Gasteiger charge is 2.16. The van der Waals surface area contributed by atoms with Crippen LogP contribution in [0.15, 0.2) is 65.2 Å². The van der Waals surface area contributed by atoms with E-state index in [1.54, 1.807) is 13.2 Å². The van der Waals surface area contributed by atoms with Gasteiger partial charge in [-0.3, -0.25) is 4.79 Å². The minimum absolute atomic E-state index is 0.153. The SMILES string of the molecule is COc1ccc([C@H](C)NC(=O)c2cc(-c3ccccc3)on2)cc1. The predicted octanol–water partition coefficient (Wildman–Crippen LogP) is 3.84. The molecule has 0 spiro atoms. The monoisotopic (exact) mass is 322 g/mol. The molecule has 0 saturated heterocycles. The van der Waals surface area contributed by atoms with E-state index in [0.29, 0.717) is 5.76 Å². The van der Waals surface area contributed by atoms with Crippen LogP contribution in [0.3, 0.4) is 0 Å². The van der Waals surface area contributed by atoms with Crippen LogP contribution in [0.4, 0.5) is 0 Å². The fourth-order valence-electron chi connectivity index (χ4n) is 2.37. The van der Waals surface area contributed by atoms with Crippen molar-refractivity contribution in [2.24, 2.45) is 0 Å². The maximum Gasteiger partial charge on any atom is 0.273 e. The molecular weight excluding hydrogens is 304 g/mol. The number of ether oxygens (including phenoxy) is 1. The van der Waals surface area contributed by atoms with Crippen molar-refractivity contribution in [3.63, 3.8) is 0 Å². The van der Waals surface area contributed by atoms with Gasteiger partial charge < -0.3 is 14.6 Å². The van der Waals surface area contributed by atoms with Gasteiger partial charge in [0.2, 0.25) is 0 Å². The standard InChI is InChI=1S/C19H18N2O3/c1-13(14-8-10-16(23-2)11-9-14)20-19(22)17-12-18(24-21-17)15-6-4-3-5-7-15/h3-13H,1-2H3,(H,20,22)/t13-/m0/s1. The Labute approximate surface area is 140 Å². The molecule has 1 N–H and O–H groups in total. The molecule has 24 heavy (non-hydrogen) atoms. The van der Waals surface area contributed by atoms with Gasteiger partial charge in [-0.25, -0.2) is 0 Å². The second-order valence-electron chi connectivity index (χ2n) is 5.41. The van der Waals surface area contributed by atoms with Crippen LogP contribution in [0.1, 0.15) is 29.0 Å². The summed E-state index contributed by atoms with van der Waals surface area (Å²) >= 11 is 0. The number of carbonyl (C=O) groups is 1. The minimum Gasteiger partial charge on any atom is -0.497 e. The molecule has 5 nitrogen and oxygen atoms in total. The highest BCUT2D eigenvalue weighted by atomic mass is 16.5. The summed E-state index contributed by atoms with van der Waals surface area (Å²) in [4.78, 5) is 12.3. The van der Waals surface area contributed by atoms with E-state index >= 15 is 0 Å². The number of rotatable bonds is 5. The molecule has 0 fully saturated rings. The summed E-state index contributed by atoms with van der Waals surface area (Å²) in [5.41, 5.74) is 2.12. The summed E-state index contributed by atoms with van der Waals surface area (Å²) in [5, 5.41) is 6.77. The van der Waals surface area contributed by atoms with E-state index in [-0.39, 0.29) is 17.6 Å². The Morgan fingerprint density at radius 2 is 1.83 bits per heavy atom. The zero-order chi connectivity index (χ0) is 16.9. The Hall–Kier alpha value is -3.08. The lowest BCUT2D eigenvalue weighted by Crippen LogP contribution is -2.26. The number of hydrogen-bond donors (Lipinski definition) is 1. The number of hydrogen-bond acceptors (Lipinski definition) is 4. The van der Waals surface area contributed by atoms with E-state index in [1.165, 1.54) is 0 Å². The topological polar surface area (TPSA) is 64.4 Å². The molecule has 0 aliphatic rings. The minimum atomic E-state index is -0.274. The van der Waals surface area contributed by atoms with Crippen LogP contribution in [0.2, 0.25) is 0 Å². The van der Waals surface area contributed by atoms with Gasteiger partial charge in [-0.1, -0.05) is 47.6 Å². The van der Waals surface area contributed by atoms with Crippen LogP contribution in [0, 0.1) is 0 Å². The van der Waals surface area contributed by atoms with Crippen molar-refractivity contribution in [2.75, 3.05) is 7.11 Å². The average molecular weight is 322 g/mol. The number of methoxy groups -OCH3 is 1. The first-order valence-electron chi connectivity index (χ1n) is 7.64. The molecule has 0 unspecified atom stereocenters. The lowest BCUT2D eigenvalue weighted by atomic mass is 10.1. The summed E-state index contributed by atoms with van der Waals surface area (Å²) in [6.07, 6.45) is 0. The van der Waals surface area contributed by atoms with Gasteiger partial charge >= 0.3 is 0 Å². The van der Waals surface area contributed by atoms with Gasteiger partial charge in [0.05, 0.1) is 13.2 Å². The van der Waals surface area contributed by atoms with Crippen molar-refractivity contribution in [3.05, 3.63) is 71.9 Å². The number of aromatic nitrogens is 1. The van der Waals surface area contributed by atoms with Crippen molar-refractivity contribution in [1.29, 1.82) is 0 Å². The molecule has 0 saturated carbocycles. The van der Waals surface area contributed by atoms with Crippen molar-refractivity contribution in [3.8, 4) is 17.1 Å². The number of nitrogens with one attached hydrogen (secondary N) is 1. The largest absolute Gasteiger partial charge is 0.497 e. The highest BCUT2D eigenvalue weighted by Crippen LogP contribution is 2.21. The summed E-state index contributed by atoms with van der Waals surface area (Å²) in [5.74, 6) is 1.07. The Balaban J connectivity index is 1.69. The third-order valence-electron chi connectivity index (χ3n) is 3.76. The highest BCUT2D eigenvalue weighted by molar-refractivity contribution is 5.93. The summed E-state index contributed by atoms with van der Waals surface area (Å²) in [7, 11) is 1.62. The molecule has 1 heterocycles. The van der Waals surface area contributed by atoms with E-state index in [4.69, 9.17) is 9.26 Å². The van der Waals surface area contributed by atoms with Gasteiger partial charge in [0.15, 0.2) is 11.5 Å². The second-order valence-corrected chi connectivity index (χ2v) is 5.41. The lowest BCUT2D eigenvalue weighted by molar-refractivity contribution is 0.0931. The molecular formula is C19H18N2O3. The van der Waals surface area contributed by atoms with E-state index in [2.05, 4.69) is 10.5 Å². The Bertz CT molecular complexity index is 810. The third-order valence-corrected chi connectivity index (χ3v) is 3.76. The fourth-order valence-corrected chi connectivity index (χ4v) is 2.37. The Morgan fingerprint density at radius 3 is 2.50 bits per heavy atom. The van der Waals surface area contributed by atoms with Gasteiger partial charge in [0, 0.05) is 11.6 Å². The van der Waals surface area contributed by atoms with Gasteiger partial charge in [-0.05, 0) is 24.6 Å². The average Bonchev–Trinajstić information content (AvgIpc) is 3.13. The smallest absolute Gasteiger partial charge is 0.273 e. The van der Waals surface area contributed by atoms with Crippen LogP contribution >= 0.6 is 0 Å². The predicted molar refractivity (Wildman–Crippen MR) is 90.8 cm³/mol. The number of nitrogens with zero attached hydrogens (tertiary/aromatic N) is 1. The first-order chi connectivity index (χ1) is 11.7. The third kappa shape index (κ3) is 3.46. The summed E-state index contributed by atoms with van der Waals surface area (Å²) < 4.78 is 10.4. The molecule has 0 aliphatic carbocycles. The molecule has 2 aromatic carbocycles. The molecule has 0 bridgehead atoms. The molecule has 3 rings (SSSR count). The van der Waals surface area contributed by atoms with E-state index in [0.717, 1.165) is 16.9 Å². The normalized spacial score (nSPS) is 11.8. The molecule has 0 aliphatic heterocycles. The maximum absolute atomic E-state index is 12.3. The van der Waals surface area contributed by atoms with Gasteiger partial charge in [0.25, 0.3) is 5.91 Å². The van der Waals surface area contributed by atoms with Crippen molar-refractivity contribution >= 4 is 5.91 Å². The van der Waals surface area contributed by atoms with Crippen LogP contribution in [0.5, 0.6) is 5.75 Å². The second kappa shape index (κ2) is 7.00. The molecule has 1 atom stereocenters. The van der Waals surface area contributed by atoms with E-state index in [1.807, 2.05) is 61.5 Å². The van der Waals surface area contributed by atoms with Gasteiger partial charge in [0.1, 0.15) is 5.75 Å². The molecule has 0 radical (unpaired) electrons. The van der Waals surface area contributed by atoms with E-state index in [9.17, 15) is 4.79 Å². The van der Waals surface area contributed by atoms with Crippen LogP contribution in [0.25, 0.3) is 11.3 Å². The van der Waals surface area contributed by atoms with Crippen molar-refractivity contribution < 1.29 is 14.1 Å². The van der Waals surface area contributed by atoms with Gasteiger partial charge in [-0.2, -0.15) is 0 Å². The van der Waals surface area contributed by atoms with Crippen LogP contribution in [-0.2, 0) is 0 Å². The summed E-state index contributed by atoms with van der Waals surface area (Å²) in [6, 6.07) is 18.6. The van der Waals surface area contributed by atoms with E-state index < -0.39 is 0 Å². The van der Waals surface area contributed by atoms with Gasteiger partial charge in [-0.15, -0.1) is 0 Å². The van der Waals surface area contributed by atoms with Crippen LogP contribution in [-0.4, -0.2) is 18.2 Å². The zero-order valence-corrected chi connectivity index (χ0v) is 13.5. The van der Waals surface area contributed by atoms with Crippen molar-refractivity contribution in [2.45, 2.75) is 13.0 Å². The first kappa shape index (κ1) is 15.8. The molecule has 122 valence electrons. The zero-order valence-electron chi connectivity index (χ0n) is 13.5. The summed E-state index contributed by atoms with van der Waals surface area (Å²) in [6.45, 7) is 1.91. The number of carbonyl (C=O) groups excluding carboxylic acids is 1. The molecule has 1 aromatic heterocycles.